The Hall–Kier alpha value is -1.54. The largest absolute Gasteiger partial charge is 0.392 e. The molecule has 0 aliphatic rings. The van der Waals surface area contributed by atoms with Crippen LogP contribution >= 0.6 is 0 Å². The minimum absolute atomic E-state index is 0.0885. The van der Waals surface area contributed by atoms with Gasteiger partial charge in [0.05, 0.1) is 6.61 Å². The summed E-state index contributed by atoms with van der Waals surface area (Å²) in [5.41, 5.74) is 9.64. The molecular weight excluding hydrogens is 222 g/mol. The lowest BCUT2D eigenvalue weighted by atomic mass is 9.92. The van der Waals surface area contributed by atoms with Gasteiger partial charge in [0, 0.05) is 17.0 Å². The van der Waals surface area contributed by atoms with E-state index >= 15 is 0 Å². The van der Waals surface area contributed by atoms with Crippen molar-refractivity contribution >= 4 is 0 Å². The van der Waals surface area contributed by atoms with Crippen LogP contribution < -0.4 is 0 Å². The van der Waals surface area contributed by atoms with Gasteiger partial charge in [-0.15, -0.1) is 0 Å². The molecule has 2 aromatic rings. The number of aryl methyl sites for hydroxylation is 3. The zero-order valence-electron chi connectivity index (χ0n) is 11.8. The highest BCUT2D eigenvalue weighted by atomic mass is 16.3. The molecule has 1 aromatic carbocycles. The van der Waals surface area contributed by atoms with Crippen molar-refractivity contribution in [2.24, 2.45) is 0 Å². The summed E-state index contributed by atoms with van der Waals surface area (Å²) in [6.07, 6.45) is 0. The van der Waals surface area contributed by atoms with Gasteiger partial charge in [-0.2, -0.15) is 0 Å². The third kappa shape index (κ3) is 1.97. The van der Waals surface area contributed by atoms with Gasteiger partial charge in [0.1, 0.15) is 0 Å². The summed E-state index contributed by atoms with van der Waals surface area (Å²) in [5, 5.41) is 9.31. The van der Waals surface area contributed by atoms with Gasteiger partial charge in [-0.3, -0.25) is 0 Å². The van der Waals surface area contributed by atoms with Crippen LogP contribution in [0.15, 0.2) is 12.1 Å². The van der Waals surface area contributed by atoms with Crippen LogP contribution in [-0.4, -0.2) is 10.1 Å². The Morgan fingerprint density at radius 2 is 1.50 bits per heavy atom. The van der Waals surface area contributed by atoms with Crippen LogP contribution in [-0.2, 0) is 6.61 Å². The van der Waals surface area contributed by atoms with Gasteiger partial charge in [0.15, 0.2) is 0 Å². The van der Waals surface area contributed by atoms with Crippen molar-refractivity contribution in [2.75, 3.05) is 0 Å². The lowest BCUT2D eigenvalue weighted by molar-refractivity contribution is 0.281. The van der Waals surface area contributed by atoms with E-state index in [1.165, 1.54) is 27.8 Å². The number of hydrogen-bond donors (Lipinski definition) is 2. The molecule has 2 N–H and O–H groups in total. The maximum Gasteiger partial charge on any atom is 0.0699 e. The summed E-state index contributed by atoms with van der Waals surface area (Å²) in [6, 6.07) is 4.29. The van der Waals surface area contributed by atoms with Crippen LogP contribution in [0.25, 0.3) is 11.3 Å². The Morgan fingerprint density at radius 3 is 1.94 bits per heavy atom. The molecule has 2 nitrogen and oxygen atoms in total. The molecule has 0 atom stereocenters. The zero-order chi connectivity index (χ0) is 13.4. The standard InChI is InChI=1S/C16H21NO/c1-9-6-10(2)12(4)16(11(9)3)15-7-14(8-18)13(5)17-15/h6-7,17-18H,8H2,1-5H3. The number of benzene rings is 1. The number of aliphatic hydroxyl groups is 1. The van der Waals surface area contributed by atoms with Crippen molar-refractivity contribution in [1.82, 2.24) is 4.98 Å². The highest BCUT2D eigenvalue weighted by Gasteiger charge is 2.13. The van der Waals surface area contributed by atoms with E-state index in [0.29, 0.717) is 0 Å². The first-order valence-electron chi connectivity index (χ1n) is 6.32. The summed E-state index contributed by atoms with van der Waals surface area (Å²) in [4.78, 5) is 3.39. The predicted octanol–water partition coefficient (Wildman–Crippen LogP) is 3.72. The molecule has 18 heavy (non-hydrogen) atoms. The van der Waals surface area contributed by atoms with E-state index in [1.54, 1.807) is 0 Å². The second-order valence-corrected chi connectivity index (χ2v) is 5.13. The summed E-state index contributed by atoms with van der Waals surface area (Å²) >= 11 is 0. The summed E-state index contributed by atoms with van der Waals surface area (Å²) < 4.78 is 0. The Bertz CT molecular complexity index is 567. The number of aliphatic hydroxyl groups excluding tert-OH is 1. The van der Waals surface area contributed by atoms with E-state index in [1.807, 2.05) is 6.92 Å². The predicted molar refractivity (Wildman–Crippen MR) is 75.8 cm³/mol. The maximum absolute atomic E-state index is 9.31. The minimum atomic E-state index is 0.0885. The fourth-order valence-electron chi connectivity index (χ4n) is 2.52. The number of hydrogen-bond acceptors (Lipinski definition) is 1. The highest BCUT2D eigenvalue weighted by Crippen LogP contribution is 2.32. The fraction of sp³-hybridized carbons (Fsp3) is 0.375. The smallest absolute Gasteiger partial charge is 0.0699 e. The molecule has 0 saturated heterocycles. The van der Waals surface area contributed by atoms with Gasteiger partial charge >= 0.3 is 0 Å². The van der Waals surface area contributed by atoms with Crippen molar-refractivity contribution in [3.05, 3.63) is 45.6 Å². The normalized spacial score (nSPS) is 11.0. The van der Waals surface area contributed by atoms with E-state index in [9.17, 15) is 5.11 Å². The number of nitrogens with one attached hydrogen (secondary N) is 1. The number of aromatic nitrogens is 1. The van der Waals surface area contributed by atoms with E-state index in [0.717, 1.165) is 17.0 Å². The molecule has 0 saturated carbocycles. The quantitative estimate of drug-likeness (QED) is 0.828. The van der Waals surface area contributed by atoms with E-state index in [-0.39, 0.29) is 6.61 Å². The summed E-state index contributed by atoms with van der Waals surface area (Å²) in [7, 11) is 0. The molecule has 0 fully saturated rings. The van der Waals surface area contributed by atoms with Crippen molar-refractivity contribution in [3.8, 4) is 11.3 Å². The third-order valence-electron chi connectivity index (χ3n) is 3.93. The van der Waals surface area contributed by atoms with Crippen molar-refractivity contribution in [1.29, 1.82) is 0 Å². The van der Waals surface area contributed by atoms with Crippen LogP contribution in [0.2, 0.25) is 0 Å². The molecule has 0 bridgehead atoms. The average Bonchev–Trinajstić information content (AvgIpc) is 2.68. The molecule has 0 aliphatic heterocycles. The monoisotopic (exact) mass is 243 g/mol. The first-order valence-corrected chi connectivity index (χ1v) is 6.32. The van der Waals surface area contributed by atoms with Crippen LogP contribution in [0.3, 0.4) is 0 Å². The third-order valence-corrected chi connectivity index (χ3v) is 3.93. The van der Waals surface area contributed by atoms with E-state index in [2.05, 4.69) is 44.8 Å². The second kappa shape index (κ2) is 4.62. The molecule has 0 spiro atoms. The molecule has 0 radical (unpaired) electrons. The molecule has 1 aromatic heterocycles. The van der Waals surface area contributed by atoms with Gasteiger partial charge in [0.2, 0.25) is 0 Å². The van der Waals surface area contributed by atoms with Crippen molar-refractivity contribution in [3.63, 3.8) is 0 Å². The van der Waals surface area contributed by atoms with Crippen LogP contribution in [0.1, 0.15) is 33.5 Å². The van der Waals surface area contributed by atoms with E-state index in [4.69, 9.17) is 0 Å². The van der Waals surface area contributed by atoms with Gasteiger partial charge in [-0.25, -0.2) is 0 Å². The molecule has 0 aliphatic carbocycles. The van der Waals surface area contributed by atoms with Gasteiger partial charge < -0.3 is 10.1 Å². The number of aromatic amines is 1. The molecule has 96 valence electrons. The second-order valence-electron chi connectivity index (χ2n) is 5.13. The Kier molecular flexibility index (Phi) is 3.31. The maximum atomic E-state index is 9.31. The minimum Gasteiger partial charge on any atom is -0.392 e. The Labute approximate surface area is 109 Å². The molecule has 2 heteroatoms. The average molecular weight is 243 g/mol. The molecule has 1 heterocycles. The highest BCUT2D eigenvalue weighted by molar-refractivity contribution is 5.71. The molecule has 0 unspecified atom stereocenters. The van der Waals surface area contributed by atoms with Gasteiger partial charge in [-0.05, 0) is 68.5 Å². The van der Waals surface area contributed by atoms with Crippen LogP contribution in [0, 0.1) is 34.6 Å². The van der Waals surface area contributed by atoms with Gasteiger partial charge in [-0.1, -0.05) is 6.07 Å². The van der Waals surface area contributed by atoms with Crippen molar-refractivity contribution < 1.29 is 5.11 Å². The first-order chi connectivity index (χ1) is 8.45. The lowest BCUT2D eigenvalue weighted by Crippen LogP contribution is -1.95. The van der Waals surface area contributed by atoms with E-state index < -0.39 is 0 Å². The Morgan fingerprint density at radius 1 is 0.944 bits per heavy atom. The zero-order valence-corrected chi connectivity index (χ0v) is 11.8. The fourth-order valence-corrected chi connectivity index (χ4v) is 2.52. The number of rotatable bonds is 2. The van der Waals surface area contributed by atoms with Crippen molar-refractivity contribution in [2.45, 2.75) is 41.2 Å². The van der Waals surface area contributed by atoms with Crippen LogP contribution in [0.5, 0.6) is 0 Å². The first kappa shape index (κ1) is 12.9. The summed E-state index contributed by atoms with van der Waals surface area (Å²) in [6.45, 7) is 10.7. The number of H-pyrrole nitrogens is 1. The SMILES string of the molecule is Cc1cc(C)c(C)c(-c2cc(CO)c(C)[nH]2)c1C. The van der Waals surface area contributed by atoms with Gasteiger partial charge in [0.25, 0.3) is 0 Å². The van der Waals surface area contributed by atoms with Crippen LogP contribution in [0.4, 0.5) is 0 Å². The lowest BCUT2D eigenvalue weighted by Gasteiger charge is -2.14. The topological polar surface area (TPSA) is 36.0 Å². The molecule has 2 rings (SSSR count). The molecular formula is C16H21NO. The summed E-state index contributed by atoms with van der Waals surface area (Å²) in [5.74, 6) is 0. The Balaban J connectivity index is 2.70. The molecule has 0 amide bonds.